The summed E-state index contributed by atoms with van der Waals surface area (Å²) in [5, 5.41) is 11.7. The largest absolute Gasteiger partial charge is 0.481 e. The maximum absolute atomic E-state index is 11.6. The molecule has 1 aromatic rings. The number of carboxylic acids is 1. The zero-order chi connectivity index (χ0) is 14.4. The average Bonchev–Trinajstić information content (AvgIpc) is 2.36. The number of hydrogen-bond donors (Lipinski definition) is 2. The standard InChI is InChI=1S/C15H21NO3/c1-10(2)4-9-14(17)16-13-7-5-12(6-8-13)11(3)15(18)19/h5-8,10-11H,4,9H2,1-3H3,(H,16,17)(H,18,19). The average molecular weight is 263 g/mol. The smallest absolute Gasteiger partial charge is 0.310 e. The lowest BCUT2D eigenvalue weighted by Crippen LogP contribution is -2.12. The van der Waals surface area contributed by atoms with E-state index in [1.807, 2.05) is 0 Å². The number of hydrogen-bond acceptors (Lipinski definition) is 2. The van der Waals surface area contributed by atoms with E-state index in [9.17, 15) is 9.59 Å². The summed E-state index contributed by atoms with van der Waals surface area (Å²) in [4.78, 5) is 22.5. The van der Waals surface area contributed by atoms with Crippen LogP contribution in [-0.2, 0) is 9.59 Å². The molecule has 0 bridgehead atoms. The van der Waals surface area contributed by atoms with Gasteiger partial charge < -0.3 is 10.4 Å². The zero-order valence-corrected chi connectivity index (χ0v) is 11.6. The second-order valence-corrected chi connectivity index (χ2v) is 5.16. The molecule has 1 atom stereocenters. The van der Waals surface area contributed by atoms with Gasteiger partial charge in [-0.15, -0.1) is 0 Å². The minimum atomic E-state index is -0.853. The lowest BCUT2D eigenvalue weighted by atomic mass is 10.0. The zero-order valence-electron chi connectivity index (χ0n) is 11.6. The molecule has 0 saturated carbocycles. The van der Waals surface area contributed by atoms with Crippen molar-refractivity contribution in [1.29, 1.82) is 0 Å². The number of rotatable bonds is 6. The first-order valence-electron chi connectivity index (χ1n) is 6.52. The van der Waals surface area contributed by atoms with Crippen molar-refractivity contribution in [2.24, 2.45) is 5.92 Å². The van der Waals surface area contributed by atoms with E-state index in [4.69, 9.17) is 5.11 Å². The van der Waals surface area contributed by atoms with Gasteiger partial charge in [-0.1, -0.05) is 26.0 Å². The van der Waals surface area contributed by atoms with Crippen molar-refractivity contribution < 1.29 is 14.7 Å². The summed E-state index contributed by atoms with van der Waals surface area (Å²) >= 11 is 0. The van der Waals surface area contributed by atoms with Gasteiger partial charge in [0.05, 0.1) is 5.92 Å². The molecule has 2 N–H and O–H groups in total. The fourth-order valence-corrected chi connectivity index (χ4v) is 1.64. The molecule has 1 unspecified atom stereocenters. The highest BCUT2D eigenvalue weighted by Crippen LogP contribution is 2.18. The maximum atomic E-state index is 11.6. The highest BCUT2D eigenvalue weighted by molar-refractivity contribution is 5.90. The summed E-state index contributed by atoms with van der Waals surface area (Å²) < 4.78 is 0. The van der Waals surface area contributed by atoms with E-state index in [1.165, 1.54) is 0 Å². The molecule has 0 radical (unpaired) electrons. The summed E-state index contributed by atoms with van der Waals surface area (Å²) in [6.07, 6.45) is 1.37. The lowest BCUT2D eigenvalue weighted by molar-refractivity contribution is -0.138. The third-order valence-corrected chi connectivity index (χ3v) is 3.01. The van der Waals surface area contributed by atoms with Gasteiger partial charge >= 0.3 is 5.97 Å². The first kappa shape index (κ1) is 15.2. The van der Waals surface area contributed by atoms with Crippen LogP contribution in [0.4, 0.5) is 5.69 Å². The van der Waals surface area contributed by atoms with E-state index in [2.05, 4.69) is 19.2 Å². The molecule has 0 aliphatic rings. The van der Waals surface area contributed by atoms with Gasteiger partial charge in [-0.25, -0.2) is 0 Å². The van der Waals surface area contributed by atoms with Gasteiger partial charge in [-0.2, -0.15) is 0 Å². The lowest BCUT2D eigenvalue weighted by Gasteiger charge is -2.09. The Morgan fingerprint density at radius 2 is 1.74 bits per heavy atom. The Hall–Kier alpha value is -1.84. The molecule has 1 aromatic carbocycles. The van der Waals surface area contributed by atoms with Gasteiger partial charge in [-0.05, 0) is 37.0 Å². The van der Waals surface area contributed by atoms with Crippen molar-refractivity contribution in [3.8, 4) is 0 Å². The second kappa shape index (κ2) is 6.92. The molecule has 104 valence electrons. The van der Waals surface area contributed by atoms with Crippen LogP contribution in [0.3, 0.4) is 0 Å². The topological polar surface area (TPSA) is 66.4 Å². The number of anilines is 1. The molecule has 0 aromatic heterocycles. The SMILES string of the molecule is CC(C)CCC(=O)Nc1ccc(C(C)C(=O)O)cc1. The summed E-state index contributed by atoms with van der Waals surface area (Å²) in [5.74, 6) is -0.892. The fraction of sp³-hybridized carbons (Fsp3) is 0.467. The van der Waals surface area contributed by atoms with E-state index in [0.717, 1.165) is 12.0 Å². The summed E-state index contributed by atoms with van der Waals surface area (Å²) in [5.41, 5.74) is 1.43. The number of benzene rings is 1. The predicted molar refractivity (Wildman–Crippen MR) is 75.2 cm³/mol. The molecular weight excluding hydrogens is 242 g/mol. The molecule has 0 heterocycles. The normalized spacial score (nSPS) is 12.2. The number of nitrogens with one attached hydrogen (secondary N) is 1. The van der Waals surface area contributed by atoms with Gasteiger partial charge in [-0.3, -0.25) is 9.59 Å². The molecular formula is C15H21NO3. The van der Waals surface area contributed by atoms with Crippen LogP contribution in [0.1, 0.15) is 45.1 Å². The quantitative estimate of drug-likeness (QED) is 0.828. The van der Waals surface area contributed by atoms with Gasteiger partial charge in [0, 0.05) is 12.1 Å². The van der Waals surface area contributed by atoms with Gasteiger partial charge in [0.2, 0.25) is 5.91 Å². The van der Waals surface area contributed by atoms with Crippen LogP contribution in [0.5, 0.6) is 0 Å². The van der Waals surface area contributed by atoms with Crippen molar-refractivity contribution in [1.82, 2.24) is 0 Å². The van der Waals surface area contributed by atoms with Crippen LogP contribution in [0, 0.1) is 5.92 Å². The first-order chi connectivity index (χ1) is 8.90. The summed E-state index contributed by atoms with van der Waals surface area (Å²) in [6.45, 7) is 5.79. The van der Waals surface area contributed by atoms with Crippen LogP contribution in [0.2, 0.25) is 0 Å². The molecule has 0 spiro atoms. The highest BCUT2D eigenvalue weighted by atomic mass is 16.4. The Balaban J connectivity index is 2.57. The third-order valence-electron chi connectivity index (χ3n) is 3.01. The first-order valence-corrected chi connectivity index (χ1v) is 6.52. The van der Waals surface area contributed by atoms with Crippen molar-refractivity contribution in [3.63, 3.8) is 0 Å². The fourth-order valence-electron chi connectivity index (χ4n) is 1.64. The molecule has 4 nitrogen and oxygen atoms in total. The molecule has 1 amide bonds. The molecule has 19 heavy (non-hydrogen) atoms. The minimum absolute atomic E-state index is 0.00673. The Morgan fingerprint density at radius 1 is 1.16 bits per heavy atom. The Kier molecular flexibility index (Phi) is 5.55. The van der Waals surface area contributed by atoms with Crippen molar-refractivity contribution in [2.45, 2.75) is 39.5 Å². The van der Waals surface area contributed by atoms with E-state index >= 15 is 0 Å². The maximum Gasteiger partial charge on any atom is 0.310 e. The molecule has 4 heteroatoms. The van der Waals surface area contributed by atoms with Crippen molar-refractivity contribution >= 4 is 17.6 Å². The third kappa shape index (κ3) is 5.12. The second-order valence-electron chi connectivity index (χ2n) is 5.16. The van der Waals surface area contributed by atoms with Crippen molar-refractivity contribution in [2.75, 3.05) is 5.32 Å². The van der Waals surface area contributed by atoms with Crippen molar-refractivity contribution in [3.05, 3.63) is 29.8 Å². The van der Waals surface area contributed by atoms with Gasteiger partial charge in [0.1, 0.15) is 0 Å². The summed E-state index contributed by atoms with van der Waals surface area (Å²) in [6, 6.07) is 6.94. The predicted octanol–water partition coefficient (Wildman–Crippen LogP) is 3.25. The van der Waals surface area contributed by atoms with Crippen LogP contribution >= 0.6 is 0 Å². The van der Waals surface area contributed by atoms with E-state index in [0.29, 0.717) is 18.0 Å². The highest BCUT2D eigenvalue weighted by Gasteiger charge is 2.13. The number of carbonyl (C=O) groups is 2. The molecule has 0 fully saturated rings. The van der Waals surface area contributed by atoms with Crippen LogP contribution in [-0.4, -0.2) is 17.0 Å². The van der Waals surface area contributed by atoms with Crippen LogP contribution in [0.15, 0.2) is 24.3 Å². The number of aliphatic carboxylic acids is 1. The molecule has 0 aliphatic carbocycles. The van der Waals surface area contributed by atoms with Gasteiger partial charge in [0.25, 0.3) is 0 Å². The van der Waals surface area contributed by atoms with E-state index < -0.39 is 11.9 Å². The molecule has 1 rings (SSSR count). The number of carboxylic acid groups (broad SMARTS) is 1. The van der Waals surface area contributed by atoms with E-state index in [-0.39, 0.29) is 5.91 Å². The van der Waals surface area contributed by atoms with Gasteiger partial charge in [0.15, 0.2) is 0 Å². The minimum Gasteiger partial charge on any atom is -0.481 e. The Bertz CT molecular complexity index is 437. The molecule has 0 saturated heterocycles. The van der Waals surface area contributed by atoms with Crippen LogP contribution < -0.4 is 5.32 Å². The summed E-state index contributed by atoms with van der Waals surface area (Å²) in [7, 11) is 0. The monoisotopic (exact) mass is 263 g/mol. The number of carbonyl (C=O) groups excluding carboxylic acids is 1. The van der Waals surface area contributed by atoms with Crippen LogP contribution in [0.25, 0.3) is 0 Å². The Morgan fingerprint density at radius 3 is 2.21 bits per heavy atom. The molecule has 0 aliphatic heterocycles. The Labute approximate surface area is 113 Å². The van der Waals surface area contributed by atoms with E-state index in [1.54, 1.807) is 31.2 Å². The number of amides is 1.